The molecule has 3 unspecified atom stereocenters. The molecular weight excluding hydrogens is 168 g/mol. The molecule has 1 aliphatic heterocycles. The van der Waals surface area contributed by atoms with Crippen molar-refractivity contribution < 1.29 is 14.3 Å². The zero-order chi connectivity index (χ0) is 10.0. The van der Waals surface area contributed by atoms with Crippen molar-refractivity contribution >= 4 is 11.9 Å². The first-order valence-electron chi connectivity index (χ1n) is 4.81. The molecule has 13 heavy (non-hydrogen) atoms. The third kappa shape index (κ3) is 2.08. The monoisotopic (exact) mass is 184 g/mol. The third-order valence-electron chi connectivity index (χ3n) is 2.83. The molecule has 0 N–H and O–H groups in total. The highest BCUT2D eigenvalue weighted by atomic mass is 16.6. The minimum Gasteiger partial charge on any atom is -0.393 e. The summed E-state index contributed by atoms with van der Waals surface area (Å²) in [4.78, 5) is 22.2. The Kier molecular flexibility index (Phi) is 3.07. The molecule has 0 aliphatic carbocycles. The fourth-order valence-corrected chi connectivity index (χ4v) is 1.54. The van der Waals surface area contributed by atoms with Crippen LogP contribution in [0.3, 0.4) is 0 Å². The standard InChI is InChI=1S/C10H16O3/c1-4-6(2)5-8-7(3)9(11)13-10(8)12/h6-8H,4-5H2,1-3H3. The molecule has 0 bridgehead atoms. The molecular formula is C10H16O3. The number of hydrogen-bond donors (Lipinski definition) is 0. The molecule has 0 aromatic rings. The van der Waals surface area contributed by atoms with Gasteiger partial charge < -0.3 is 4.74 Å². The first-order chi connectivity index (χ1) is 6.06. The van der Waals surface area contributed by atoms with Crippen LogP contribution < -0.4 is 0 Å². The van der Waals surface area contributed by atoms with Crippen molar-refractivity contribution in [2.45, 2.75) is 33.6 Å². The molecule has 0 radical (unpaired) electrons. The van der Waals surface area contributed by atoms with E-state index in [0.717, 1.165) is 12.8 Å². The Labute approximate surface area is 78.5 Å². The van der Waals surface area contributed by atoms with E-state index in [2.05, 4.69) is 18.6 Å². The maximum atomic E-state index is 11.2. The lowest BCUT2D eigenvalue weighted by atomic mass is 9.87. The van der Waals surface area contributed by atoms with Crippen molar-refractivity contribution in [3.63, 3.8) is 0 Å². The van der Waals surface area contributed by atoms with Crippen LogP contribution in [0, 0.1) is 17.8 Å². The molecule has 0 amide bonds. The Balaban J connectivity index is 2.58. The molecule has 3 nitrogen and oxygen atoms in total. The lowest BCUT2D eigenvalue weighted by molar-refractivity contribution is -0.153. The average molecular weight is 184 g/mol. The van der Waals surface area contributed by atoms with E-state index in [1.807, 2.05) is 0 Å². The Bertz CT molecular complexity index is 222. The van der Waals surface area contributed by atoms with Crippen LogP contribution in [0.2, 0.25) is 0 Å². The first kappa shape index (κ1) is 10.2. The average Bonchev–Trinajstić information content (AvgIpc) is 2.32. The van der Waals surface area contributed by atoms with Crippen LogP contribution in [0.1, 0.15) is 33.6 Å². The van der Waals surface area contributed by atoms with Crippen molar-refractivity contribution in [2.24, 2.45) is 17.8 Å². The first-order valence-corrected chi connectivity index (χ1v) is 4.81. The Morgan fingerprint density at radius 1 is 1.38 bits per heavy atom. The number of carbonyl (C=O) groups is 2. The Morgan fingerprint density at radius 3 is 2.38 bits per heavy atom. The molecule has 0 aromatic carbocycles. The van der Waals surface area contributed by atoms with Gasteiger partial charge >= 0.3 is 11.9 Å². The van der Waals surface area contributed by atoms with Crippen molar-refractivity contribution in [1.29, 1.82) is 0 Å². The Morgan fingerprint density at radius 2 is 2.00 bits per heavy atom. The van der Waals surface area contributed by atoms with Crippen LogP contribution in [0.5, 0.6) is 0 Å². The predicted octanol–water partition coefficient (Wildman–Crippen LogP) is 1.76. The van der Waals surface area contributed by atoms with Crippen molar-refractivity contribution in [2.75, 3.05) is 0 Å². The van der Waals surface area contributed by atoms with Crippen LogP contribution in [-0.4, -0.2) is 11.9 Å². The molecule has 0 spiro atoms. The van der Waals surface area contributed by atoms with Gasteiger partial charge in [-0.05, 0) is 12.3 Å². The minimum absolute atomic E-state index is 0.206. The van der Waals surface area contributed by atoms with Gasteiger partial charge in [-0.3, -0.25) is 9.59 Å². The second-order valence-corrected chi connectivity index (χ2v) is 3.88. The van der Waals surface area contributed by atoms with Gasteiger partial charge in [0, 0.05) is 0 Å². The molecule has 1 fully saturated rings. The van der Waals surface area contributed by atoms with Gasteiger partial charge in [-0.15, -0.1) is 0 Å². The lowest BCUT2D eigenvalue weighted by Gasteiger charge is -2.13. The smallest absolute Gasteiger partial charge is 0.317 e. The third-order valence-corrected chi connectivity index (χ3v) is 2.83. The largest absolute Gasteiger partial charge is 0.393 e. The van der Waals surface area contributed by atoms with Gasteiger partial charge in [-0.25, -0.2) is 0 Å². The number of carbonyl (C=O) groups excluding carboxylic acids is 2. The minimum atomic E-state index is -0.363. The lowest BCUT2D eigenvalue weighted by Crippen LogP contribution is -2.17. The number of esters is 2. The summed E-state index contributed by atoms with van der Waals surface area (Å²) < 4.78 is 4.55. The van der Waals surface area contributed by atoms with E-state index in [0.29, 0.717) is 5.92 Å². The summed E-state index contributed by atoms with van der Waals surface area (Å²) in [5.41, 5.74) is 0. The summed E-state index contributed by atoms with van der Waals surface area (Å²) in [7, 11) is 0. The quantitative estimate of drug-likeness (QED) is 0.496. The van der Waals surface area contributed by atoms with E-state index in [-0.39, 0.29) is 23.8 Å². The fraction of sp³-hybridized carbons (Fsp3) is 0.800. The van der Waals surface area contributed by atoms with Crippen LogP contribution >= 0.6 is 0 Å². The molecule has 0 saturated carbocycles. The topological polar surface area (TPSA) is 43.4 Å². The summed E-state index contributed by atoms with van der Waals surface area (Å²) in [6.07, 6.45) is 1.80. The zero-order valence-corrected chi connectivity index (χ0v) is 8.37. The predicted molar refractivity (Wildman–Crippen MR) is 47.8 cm³/mol. The van der Waals surface area contributed by atoms with E-state index in [1.54, 1.807) is 6.92 Å². The molecule has 1 heterocycles. The molecule has 3 atom stereocenters. The number of hydrogen-bond acceptors (Lipinski definition) is 3. The molecule has 1 aliphatic rings. The van der Waals surface area contributed by atoms with Gasteiger partial charge in [0.15, 0.2) is 0 Å². The zero-order valence-electron chi connectivity index (χ0n) is 8.37. The molecule has 1 saturated heterocycles. The summed E-state index contributed by atoms with van der Waals surface area (Å²) in [5, 5.41) is 0. The van der Waals surface area contributed by atoms with E-state index >= 15 is 0 Å². The highest BCUT2D eigenvalue weighted by Crippen LogP contribution is 2.29. The van der Waals surface area contributed by atoms with Crippen LogP contribution in [-0.2, 0) is 14.3 Å². The molecule has 0 aromatic heterocycles. The second kappa shape index (κ2) is 3.90. The van der Waals surface area contributed by atoms with Crippen LogP contribution in [0.15, 0.2) is 0 Å². The molecule has 3 heteroatoms. The molecule has 74 valence electrons. The van der Waals surface area contributed by atoms with Gasteiger partial charge in [-0.2, -0.15) is 0 Å². The van der Waals surface area contributed by atoms with Crippen molar-refractivity contribution in [3.05, 3.63) is 0 Å². The van der Waals surface area contributed by atoms with Gasteiger partial charge in [0.25, 0.3) is 0 Å². The normalized spacial score (nSPS) is 30.4. The number of rotatable bonds is 3. The van der Waals surface area contributed by atoms with E-state index < -0.39 is 0 Å². The molecule has 1 rings (SSSR count). The van der Waals surface area contributed by atoms with Gasteiger partial charge in [-0.1, -0.05) is 27.2 Å². The maximum absolute atomic E-state index is 11.2. The highest BCUT2D eigenvalue weighted by Gasteiger charge is 2.41. The van der Waals surface area contributed by atoms with Crippen molar-refractivity contribution in [3.8, 4) is 0 Å². The number of ether oxygens (including phenoxy) is 1. The summed E-state index contributed by atoms with van der Waals surface area (Å²) in [6, 6.07) is 0. The SMILES string of the molecule is CCC(C)CC1C(=O)OC(=O)C1C. The van der Waals surface area contributed by atoms with E-state index in [9.17, 15) is 9.59 Å². The van der Waals surface area contributed by atoms with E-state index in [1.165, 1.54) is 0 Å². The maximum Gasteiger partial charge on any atom is 0.317 e. The second-order valence-electron chi connectivity index (χ2n) is 3.88. The summed E-state index contributed by atoms with van der Waals surface area (Å²) in [6.45, 7) is 5.93. The van der Waals surface area contributed by atoms with Crippen LogP contribution in [0.4, 0.5) is 0 Å². The van der Waals surface area contributed by atoms with Gasteiger partial charge in [0.1, 0.15) is 0 Å². The summed E-state index contributed by atoms with van der Waals surface area (Å²) >= 11 is 0. The fourth-order valence-electron chi connectivity index (χ4n) is 1.54. The van der Waals surface area contributed by atoms with Gasteiger partial charge in [0.05, 0.1) is 11.8 Å². The highest BCUT2D eigenvalue weighted by molar-refractivity contribution is 5.96. The van der Waals surface area contributed by atoms with Crippen molar-refractivity contribution in [1.82, 2.24) is 0 Å². The van der Waals surface area contributed by atoms with E-state index in [4.69, 9.17) is 0 Å². The van der Waals surface area contributed by atoms with Gasteiger partial charge in [0.2, 0.25) is 0 Å². The Hall–Kier alpha value is -0.860. The van der Waals surface area contributed by atoms with Crippen LogP contribution in [0.25, 0.3) is 0 Å². The number of cyclic esters (lactones) is 2. The summed E-state index contributed by atoms with van der Waals surface area (Å²) in [5.74, 6) is -0.675.